The summed E-state index contributed by atoms with van der Waals surface area (Å²) in [6, 6.07) is 0. The molecule has 0 radical (unpaired) electrons. The van der Waals surface area contributed by atoms with Crippen LogP contribution in [0.4, 0.5) is 5.69 Å². The van der Waals surface area contributed by atoms with E-state index in [1.807, 2.05) is 0 Å². The van der Waals surface area contributed by atoms with Gasteiger partial charge in [-0.05, 0) is 0 Å². The molecule has 8 heteroatoms. The van der Waals surface area contributed by atoms with Crippen molar-refractivity contribution in [3.05, 3.63) is 30.7 Å². The summed E-state index contributed by atoms with van der Waals surface area (Å²) in [6.07, 6.45) is 6.17. The van der Waals surface area contributed by atoms with Crippen molar-refractivity contribution in [2.45, 2.75) is 45.4 Å². The molecule has 2 aromatic rings. The number of nitrogens with one attached hydrogen (secondary N) is 3. The zero-order valence-electron chi connectivity index (χ0n) is 13.3. The van der Waals surface area contributed by atoms with Crippen LogP contribution in [0.25, 0.3) is 11.1 Å². The van der Waals surface area contributed by atoms with E-state index in [1.165, 1.54) is 19.8 Å². The monoisotopic (exact) mass is 376 g/mol. The second-order valence-electron chi connectivity index (χ2n) is 6.19. The van der Waals surface area contributed by atoms with Crippen molar-refractivity contribution in [2.75, 3.05) is 5.32 Å². The van der Waals surface area contributed by atoms with E-state index < -0.39 is 11.2 Å². The molecule has 0 unspecified atom stereocenters. The normalized spacial score (nSPS) is 15.1. The molecule has 3 N–H and O–H groups in total. The number of rotatable bonds is 4. The Kier molecular flexibility index (Phi) is 4.86. The number of hydrogen-bond acceptors (Lipinski definition) is 4. The van der Waals surface area contributed by atoms with Gasteiger partial charge >= 0.3 is 145 Å². The van der Waals surface area contributed by atoms with Crippen molar-refractivity contribution in [1.82, 2.24) is 9.97 Å². The van der Waals surface area contributed by atoms with Crippen LogP contribution in [0, 0.1) is 10.3 Å². The summed E-state index contributed by atoms with van der Waals surface area (Å²) in [4.78, 5) is 41.4. The van der Waals surface area contributed by atoms with Gasteiger partial charge in [-0.1, -0.05) is 0 Å². The molecule has 0 atom stereocenters. The molecule has 0 spiro atoms. The number of fused-ring (bicyclic) bond motifs is 1. The topological polar surface area (TPSA) is 108 Å². The first-order chi connectivity index (χ1) is 11.5. The third-order valence-electron chi connectivity index (χ3n) is 4.47. The summed E-state index contributed by atoms with van der Waals surface area (Å²) in [6.45, 7) is 1.32. The minimum absolute atomic E-state index is 0.0539. The van der Waals surface area contributed by atoms with Crippen molar-refractivity contribution >= 4 is 22.7 Å². The first kappa shape index (κ1) is 16.9. The van der Waals surface area contributed by atoms with E-state index in [0.717, 1.165) is 19.3 Å². The SMILES string of the molecule is CC(=O)Nc1c(CCC2CCCC2)c2c(=O)[nH][c](=[Co])[nH]c2oc1=O. The molecule has 2 aromatic heterocycles. The van der Waals surface area contributed by atoms with Gasteiger partial charge in [0.25, 0.3) is 0 Å². The molecule has 0 aliphatic heterocycles. The average molecular weight is 376 g/mol. The van der Waals surface area contributed by atoms with E-state index in [9.17, 15) is 14.4 Å². The predicted molar refractivity (Wildman–Crippen MR) is 85.3 cm³/mol. The van der Waals surface area contributed by atoms with Crippen molar-refractivity contribution < 1.29 is 24.5 Å². The van der Waals surface area contributed by atoms with Crippen LogP contribution in [0.3, 0.4) is 0 Å². The zero-order valence-corrected chi connectivity index (χ0v) is 14.3. The van der Waals surface area contributed by atoms with Gasteiger partial charge in [0.15, 0.2) is 0 Å². The summed E-state index contributed by atoms with van der Waals surface area (Å²) in [5.74, 6) is 0.207. The Labute approximate surface area is 145 Å². The van der Waals surface area contributed by atoms with Crippen LogP contribution in [0.15, 0.2) is 14.0 Å². The quantitative estimate of drug-likeness (QED) is 0.758. The van der Waals surface area contributed by atoms with Gasteiger partial charge < -0.3 is 0 Å². The van der Waals surface area contributed by atoms with Crippen molar-refractivity contribution in [2.24, 2.45) is 5.92 Å². The number of H-pyrrole nitrogens is 2. The van der Waals surface area contributed by atoms with Gasteiger partial charge in [-0.2, -0.15) is 0 Å². The first-order valence-electron chi connectivity index (χ1n) is 8.02. The minimum atomic E-state index is -0.673. The Hall–Kier alpha value is -1.93. The number of amides is 1. The molecule has 24 heavy (non-hydrogen) atoms. The van der Waals surface area contributed by atoms with Crippen LogP contribution in [0.5, 0.6) is 0 Å². The molecule has 1 aliphatic rings. The van der Waals surface area contributed by atoms with E-state index in [4.69, 9.17) is 4.42 Å². The van der Waals surface area contributed by atoms with Gasteiger partial charge in [-0.3, -0.25) is 0 Å². The van der Waals surface area contributed by atoms with Crippen LogP contribution in [0.1, 0.15) is 44.6 Å². The van der Waals surface area contributed by atoms with Crippen LogP contribution in [0.2, 0.25) is 0 Å². The third-order valence-corrected chi connectivity index (χ3v) is 4.73. The summed E-state index contributed by atoms with van der Waals surface area (Å²) < 4.78 is 5.36. The van der Waals surface area contributed by atoms with Gasteiger partial charge in [0.05, 0.1) is 0 Å². The average Bonchev–Trinajstić information content (AvgIpc) is 2.99. The van der Waals surface area contributed by atoms with E-state index in [-0.39, 0.29) is 27.1 Å². The number of aryl methyl sites for hydroxylation is 1. The van der Waals surface area contributed by atoms with Crippen LogP contribution < -0.4 is 16.5 Å². The second kappa shape index (κ2) is 6.90. The Balaban J connectivity index is 2.15. The number of carbonyl (C=O) groups is 1. The van der Waals surface area contributed by atoms with Gasteiger partial charge in [-0.15, -0.1) is 0 Å². The molecule has 1 saturated carbocycles. The van der Waals surface area contributed by atoms with Crippen LogP contribution in [-0.2, 0) is 26.5 Å². The first-order valence-corrected chi connectivity index (χ1v) is 8.54. The summed E-state index contributed by atoms with van der Waals surface area (Å²) >= 11 is 4.11. The molecular weight excluding hydrogens is 357 g/mol. The Morgan fingerprint density at radius 2 is 2.00 bits per heavy atom. The summed E-state index contributed by atoms with van der Waals surface area (Å²) in [5, 5.41) is 2.78. The van der Waals surface area contributed by atoms with Crippen molar-refractivity contribution in [1.29, 1.82) is 0 Å². The molecule has 0 bridgehead atoms. The van der Waals surface area contributed by atoms with E-state index in [0.29, 0.717) is 17.9 Å². The molecule has 2 heterocycles. The predicted octanol–water partition coefficient (Wildman–Crippen LogP) is 1.97. The molecule has 131 valence electrons. The Morgan fingerprint density at radius 1 is 1.29 bits per heavy atom. The van der Waals surface area contributed by atoms with Crippen LogP contribution >= 0.6 is 0 Å². The second-order valence-corrected chi connectivity index (χ2v) is 6.71. The number of carbonyl (C=O) groups excluding carboxylic acids is 1. The molecule has 0 saturated heterocycles. The molecule has 1 aliphatic carbocycles. The van der Waals surface area contributed by atoms with E-state index in [1.54, 1.807) is 0 Å². The zero-order chi connectivity index (χ0) is 17.3. The van der Waals surface area contributed by atoms with Gasteiger partial charge in [0.2, 0.25) is 0 Å². The van der Waals surface area contributed by atoms with Gasteiger partial charge in [0, 0.05) is 0 Å². The Bertz CT molecular complexity index is 950. The molecule has 7 nitrogen and oxygen atoms in total. The molecular formula is C16H19CoN3O4. The molecule has 1 amide bonds. The number of hydrogen-bond donors (Lipinski definition) is 3. The molecule has 0 aromatic carbocycles. The number of aromatic amines is 2. The summed E-state index contributed by atoms with van der Waals surface area (Å²) in [5.41, 5.74) is -0.425. The third kappa shape index (κ3) is 3.44. The maximum atomic E-state index is 12.4. The maximum absolute atomic E-state index is 12.4. The van der Waals surface area contributed by atoms with Crippen molar-refractivity contribution in [3.8, 4) is 0 Å². The fraction of sp³-hybridized carbons (Fsp3) is 0.500. The van der Waals surface area contributed by atoms with E-state index in [2.05, 4.69) is 30.6 Å². The molecule has 3 rings (SSSR count). The summed E-state index contributed by atoms with van der Waals surface area (Å²) in [7, 11) is 0. The van der Waals surface area contributed by atoms with Gasteiger partial charge in [0.1, 0.15) is 0 Å². The fourth-order valence-corrected chi connectivity index (χ4v) is 3.63. The van der Waals surface area contributed by atoms with Crippen LogP contribution in [-0.4, -0.2) is 15.9 Å². The van der Waals surface area contributed by atoms with Gasteiger partial charge in [-0.25, -0.2) is 0 Å². The molecule has 1 fully saturated rings. The Morgan fingerprint density at radius 3 is 2.67 bits per heavy atom. The fourth-order valence-electron chi connectivity index (χ4n) is 3.39. The number of aromatic nitrogens is 2. The van der Waals surface area contributed by atoms with Crippen molar-refractivity contribution in [3.63, 3.8) is 0 Å². The number of anilines is 1. The van der Waals surface area contributed by atoms with E-state index >= 15 is 0 Å². The standard InChI is InChI=1S/C16H19N3O4.Co/c1-9(20)19-13-11(7-6-10-4-2-3-5-10)12-14(21)17-8-18-15(12)23-16(13)22;/h10,18H,2-7H2,1H3,(H,17,21)(H,19,20);.